The van der Waals surface area contributed by atoms with Crippen LogP contribution < -0.4 is 5.46 Å². The van der Waals surface area contributed by atoms with Gasteiger partial charge in [-0.05, 0) is 33.8 Å². The molecule has 156 valence electrons. The summed E-state index contributed by atoms with van der Waals surface area (Å²) < 4.78 is 6.00. The molecule has 0 amide bonds. The molecule has 31 heavy (non-hydrogen) atoms. The van der Waals surface area contributed by atoms with E-state index in [0.717, 1.165) is 33.2 Å². The van der Waals surface area contributed by atoms with Gasteiger partial charge in [-0.3, -0.25) is 0 Å². The molecular formula is C26H27BN2O2. The van der Waals surface area contributed by atoms with Gasteiger partial charge in [-0.1, -0.05) is 78.3 Å². The molecule has 0 aliphatic carbocycles. The summed E-state index contributed by atoms with van der Waals surface area (Å²) in [7, 11) is 0.428. The van der Waals surface area contributed by atoms with Gasteiger partial charge in [-0.2, -0.15) is 0 Å². The number of hydrogen-bond acceptors (Lipinski definition) is 4. The van der Waals surface area contributed by atoms with Crippen LogP contribution >= 0.6 is 0 Å². The largest absolute Gasteiger partial charge is 0.427 e. The van der Waals surface area contributed by atoms with Crippen LogP contribution in [0, 0.1) is 0 Å². The maximum Gasteiger partial charge on any atom is 0.309 e. The summed E-state index contributed by atoms with van der Waals surface area (Å²) in [5, 5.41) is 11.3. The van der Waals surface area contributed by atoms with E-state index in [0.29, 0.717) is 13.3 Å². The summed E-state index contributed by atoms with van der Waals surface area (Å²) in [6.45, 7) is 7.33. The minimum atomic E-state index is -0.930. The fourth-order valence-corrected chi connectivity index (χ4v) is 3.21. The molecule has 4 nitrogen and oxygen atoms in total. The van der Waals surface area contributed by atoms with Gasteiger partial charge in [0.15, 0.2) is 5.82 Å². The Morgan fingerprint density at radius 1 is 0.742 bits per heavy atom. The van der Waals surface area contributed by atoms with Gasteiger partial charge in [-0.25, -0.2) is 9.97 Å². The number of hydrogen-bond donors (Lipinski definition) is 1. The molecule has 0 bridgehead atoms. The maximum atomic E-state index is 10.3. The number of benzene rings is 3. The quantitative estimate of drug-likeness (QED) is 0.476. The third kappa shape index (κ3) is 4.53. The number of para-hydroxylation sites is 1. The van der Waals surface area contributed by atoms with Crippen molar-refractivity contribution in [1.29, 1.82) is 0 Å². The molecule has 0 radical (unpaired) electrons. The predicted octanol–water partition coefficient (Wildman–Crippen LogP) is 4.51. The van der Waals surface area contributed by atoms with Gasteiger partial charge in [0, 0.05) is 16.5 Å². The Bertz CT molecular complexity index is 1180. The standard InChI is InChI=1S/C26H27BN2O2/c1-25(2,30)26(3,4)31-27-20-16-14-18(15-17-20)23-21-12-8-9-13-22(21)28-24(29-23)19-10-6-5-7-11-19/h5-17,27,30H,1-4H3. The van der Waals surface area contributed by atoms with E-state index in [4.69, 9.17) is 14.6 Å². The number of aromatic nitrogens is 2. The van der Waals surface area contributed by atoms with Crippen LogP contribution in [0.2, 0.25) is 0 Å². The molecule has 0 saturated carbocycles. The Morgan fingerprint density at radius 2 is 1.39 bits per heavy atom. The summed E-state index contributed by atoms with van der Waals surface area (Å²) in [5.74, 6) is 0.716. The highest BCUT2D eigenvalue weighted by Crippen LogP contribution is 2.29. The second kappa shape index (κ2) is 8.25. The Morgan fingerprint density at radius 3 is 2.06 bits per heavy atom. The molecule has 4 aromatic rings. The normalized spacial score (nSPS) is 12.2. The summed E-state index contributed by atoms with van der Waals surface area (Å²) in [6.07, 6.45) is 0. The zero-order valence-corrected chi connectivity index (χ0v) is 18.5. The molecule has 1 heterocycles. The smallest absolute Gasteiger partial charge is 0.309 e. The SMILES string of the molecule is CC(C)(O)C(C)(C)OBc1ccc(-c2nc(-c3ccccc3)nc3ccccc23)cc1. The van der Waals surface area contributed by atoms with Crippen LogP contribution in [0.25, 0.3) is 33.5 Å². The average molecular weight is 410 g/mol. The average Bonchev–Trinajstić information content (AvgIpc) is 2.77. The molecule has 4 rings (SSSR count). The van der Waals surface area contributed by atoms with E-state index < -0.39 is 11.2 Å². The van der Waals surface area contributed by atoms with Crippen LogP contribution in [-0.4, -0.2) is 33.8 Å². The van der Waals surface area contributed by atoms with Crippen LogP contribution in [0.3, 0.4) is 0 Å². The van der Waals surface area contributed by atoms with Crippen molar-refractivity contribution in [2.45, 2.75) is 38.9 Å². The predicted molar refractivity (Wildman–Crippen MR) is 129 cm³/mol. The lowest BCUT2D eigenvalue weighted by atomic mass is 9.82. The Labute approximate surface area is 184 Å². The second-order valence-corrected chi connectivity index (χ2v) is 8.83. The van der Waals surface area contributed by atoms with E-state index in [2.05, 4.69) is 30.3 Å². The number of aliphatic hydroxyl groups is 1. The van der Waals surface area contributed by atoms with Crippen LogP contribution in [0.1, 0.15) is 27.7 Å². The van der Waals surface area contributed by atoms with Crippen LogP contribution in [-0.2, 0) is 4.65 Å². The fourth-order valence-electron chi connectivity index (χ4n) is 3.21. The van der Waals surface area contributed by atoms with Gasteiger partial charge in [0.05, 0.1) is 22.4 Å². The van der Waals surface area contributed by atoms with Crippen LogP contribution in [0.15, 0.2) is 78.9 Å². The molecule has 0 fully saturated rings. The van der Waals surface area contributed by atoms with Gasteiger partial charge in [0.1, 0.15) is 0 Å². The molecular weight excluding hydrogens is 383 g/mol. The zero-order valence-electron chi connectivity index (χ0n) is 18.5. The minimum absolute atomic E-state index is 0.428. The van der Waals surface area contributed by atoms with Gasteiger partial charge in [-0.15, -0.1) is 0 Å². The molecule has 0 atom stereocenters. The van der Waals surface area contributed by atoms with Gasteiger partial charge in [0.2, 0.25) is 0 Å². The molecule has 0 aliphatic heterocycles. The molecule has 0 aliphatic rings. The maximum absolute atomic E-state index is 10.3. The third-order valence-electron chi connectivity index (χ3n) is 5.94. The van der Waals surface area contributed by atoms with Gasteiger partial charge < -0.3 is 9.76 Å². The van der Waals surface area contributed by atoms with Crippen molar-refractivity contribution in [3.8, 4) is 22.6 Å². The zero-order chi connectivity index (χ0) is 22.1. The topological polar surface area (TPSA) is 55.2 Å². The van der Waals surface area contributed by atoms with Gasteiger partial charge >= 0.3 is 7.48 Å². The number of rotatable bonds is 6. The van der Waals surface area contributed by atoms with E-state index in [1.807, 2.05) is 62.4 Å². The lowest BCUT2D eigenvalue weighted by Gasteiger charge is -2.37. The monoisotopic (exact) mass is 410 g/mol. The van der Waals surface area contributed by atoms with Crippen molar-refractivity contribution in [2.75, 3.05) is 0 Å². The van der Waals surface area contributed by atoms with Crippen molar-refractivity contribution in [3.63, 3.8) is 0 Å². The minimum Gasteiger partial charge on any atom is -0.427 e. The first-order valence-corrected chi connectivity index (χ1v) is 10.5. The molecule has 0 unspecified atom stereocenters. The number of fused-ring (bicyclic) bond motifs is 1. The summed E-state index contributed by atoms with van der Waals surface area (Å²) >= 11 is 0. The molecule has 5 heteroatoms. The molecule has 1 aromatic heterocycles. The summed E-state index contributed by atoms with van der Waals surface area (Å²) in [5.41, 5.74) is 3.32. The van der Waals surface area contributed by atoms with Crippen LogP contribution in [0.5, 0.6) is 0 Å². The van der Waals surface area contributed by atoms with Crippen LogP contribution in [0.4, 0.5) is 0 Å². The van der Waals surface area contributed by atoms with Crippen molar-refractivity contribution >= 4 is 23.8 Å². The molecule has 0 saturated heterocycles. The molecule has 0 spiro atoms. The first kappa shape index (κ1) is 21.2. The Hall–Kier alpha value is -3.02. The molecule has 3 aromatic carbocycles. The third-order valence-corrected chi connectivity index (χ3v) is 5.94. The van der Waals surface area contributed by atoms with Crippen molar-refractivity contribution in [2.24, 2.45) is 0 Å². The first-order chi connectivity index (χ1) is 14.7. The summed E-state index contributed by atoms with van der Waals surface area (Å²) in [4.78, 5) is 9.69. The Kier molecular flexibility index (Phi) is 5.65. The van der Waals surface area contributed by atoms with Crippen molar-refractivity contribution in [3.05, 3.63) is 78.9 Å². The lowest BCUT2D eigenvalue weighted by Crippen LogP contribution is -2.49. The second-order valence-electron chi connectivity index (χ2n) is 8.83. The van der Waals surface area contributed by atoms with E-state index in [1.54, 1.807) is 13.8 Å². The number of nitrogens with zero attached hydrogens (tertiary/aromatic N) is 2. The van der Waals surface area contributed by atoms with E-state index >= 15 is 0 Å². The Balaban J connectivity index is 1.67. The fraction of sp³-hybridized carbons (Fsp3) is 0.231. The highest BCUT2D eigenvalue weighted by Gasteiger charge is 2.35. The lowest BCUT2D eigenvalue weighted by molar-refractivity contribution is -0.0893. The van der Waals surface area contributed by atoms with Crippen molar-refractivity contribution in [1.82, 2.24) is 9.97 Å². The van der Waals surface area contributed by atoms with E-state index in [9.17, 15) is 5.11 Å². The van der Waals surface area contributed by atoms with Gasteiger partial charge in [0.25, 0.3) is 0 Å². The van der Waals surface area contributed by atoms with E-state index in [-0.39, 0.29) is 0 Å². The first-order valence-electron chi connectivity index (χ1n) is 10.5. The molecule has 1 N–H and O–H groups in total. The highest BCUT2D eigenvalue weighted by molar-refractivity contribution is 6.47. The van der Waals surface area contributed by atoms with E-state index in [1.165, 1.54) is 0 Å². The van der Waals surface area contributed by atoms with Crippen molar-refractivity contribution < 1.29 is 9.76 Å². The highest BCUT2D eigenvalue weighted by atomic mass is 16.5. The summed E-state index contributed by atoms with van der Waals surface area (Å²) in [6, 6.07) is 26.4.